The number of sulfone groups is 1. The fraction of sp³-hybridized carbons (Fsp3) is 0.529. The first kappa shape index (κ1) is 15.6. The molecule has 1 saturated carbocycles. The van der Waals surface area contributed by atoms with Crippen LogP contribution in [0.5, 0.6) is 0 Å². The largest absolute Gasteiger partial charge is 0.344 e. The van der Waals surface area contributed by atoms with Crippen LogP contribution in [0.15, 0.2) is 40.3 Å². The Morgan fingerprint density at radius 2 is 1.78 bits per heavy atom. The quantitative estimate of drug-likeness (QED) is 0.819. The van der Waals surface area contributed by atoms with Crippen molar-refractivity contribution in [3.8, 4) is 0 Å². The van der Waals surface area contributed by atoms with E-state index in [4.69, 9.17) is 21.1 Å². The number of benzene rings is 1. The predicted octanol–water partition coefficient (Wildman–Crippen LogP) is 3.04. The lowest BCUT2D eigenvalue weighted by molar-refractivity contribution is -0.144. The van der Waals surface area contributed by atoms with Crippen LogP contribution in [0.2, 0.25) is 0 Å². The van der Waals surface area contributed by atoms with Gasteiger partial charge in [-0.2, -0.15) is 0 Å². The topological polar surface area (TPSA) is 52.6 Å². The molecule has 0 amide bonds. The molecule has 0 aromatic heterocycles. The standard InChI is InChI=1S/C17H19ClO4S/c1-9-4-6-10(7-5-9)23(19,20)16-11-8-12(18)14-15(13(11)16)22-17(2,3)21-14/h4-8,11,13-16H,1-3H3/t11-,13+,14+,15-,16?/m0/s1. The van der Waals surface area contributed by atoms with Gasteiger partial charge in [0, 0.05) is 16.9 Å². The van der Waals surface area contributed by atoms with Gasteiger partial charge in [0.1, 0.15) is 6.10 Å². The van der Waals surface area contributed by atoms with Gasteiger partial charge in [-0.05, 0) is 32.9 Å². The second kappa shape index (κ2) is 4.82. The zero-order valence-electron chi connectivity index (χ0n) is 13.2. The maximum atomic E-state index is 13.0. The summed E-state index contributed by atoms with van der Waals surface area (Å²) in [7, 11) is -3.40. The third-order valence-electron chi connectivity index (χ3n) is 4.90. The van der Waals surface area contributed by atoms with Crippen LogP contribution in [0, 0.1) is 18.8 Å². The fourth-order valence-corrected chi connectivity index (χ4v) is 6.28. The molecular formula is C17H19ClO4S. The van der Waals surface area contributed by atoms with Gasteiger partial charge >= 0.3 is 0 Å². The van der Waals surface area contributed by atoms with Crippen molar-refractivity contribution in [2.75, 3.05) is 0 Å². The van der Waals surface area contributed by atoms with Crippen molar-refractivity contribution in [1.82, 2.24) is 0 Å². The lowest BCUT2D eigenvalue weighted by Gasteiger charge is -2.19. The van der Waals surface area contributed by atoms with Crippen molar-refractivity contribution in [2.24, 2.45) is 11.8 Å². The molecule has 2 aliphatic carbocycles. The highest BCUT2D eigenvalue weighted by molar-refractivity contribution is 7.92. The van der Waals surface area contributed by atoms with Crippen molar-refractivity contribution in [3.05, 3.63) is 40.9 Å². The molecule has 1 heterocycles. The molecule has 0 radical (unpaired) electrons. The molecule has 1 saturated heterocycles. The van der Waals surface area contributed by atoms with Crippen LogP contribution in [0.25, 0.3) is 0 Å². The summed E-state index contributed by atoms with van der Waals surface area (Å²) in [5, 5.41) is 0.0786. The molecule has 2 fully saturated rings. The van der Waals surface area contributed by atoms with Crippen molar-refractivity contribution < 1.29 is 17.9 Å². The van der Waals surface area contributed by atoms with Gasteiger partial charge in [-0.25, -0.2) is 8.42 Å². The molecule has 0 N–H and O–H groups in total. The summed E-state index contributed by atoms with van der Waals surface area (Å²) in [6.45, 7) is 5.60. The van der Waals surface area contributed by atoms with Gasteiger partial charge < -0.3 is 9.47 Å². The van der Waals surface area contributed by atoms with Crippen LogP contribution < -0.4 is 0 Å². The molecular weight excluding hydrogens is 336 g/mol. The third-order valence-corrected chi connectivity index (χ3v) is 7.52. The number of hydrogen-bond acceptors (Lipinski definition) is 4. The third kappa shape index (κ3) is 2.37. The Balaban J connectivity index is 1.67. The van der Waals surface area contributed by atoms with E-state index in [0.717, 1.165) is 5.56 Å². The molecule has 1 unspecified atom stereocenters. The molecule has 6 heteroatoms. The number of hydrogen-bond donors (Lipinski definition) is 0. The van der Waals surface area contributed by atoms with E-state index >= 15 is 0 Å². The molecule has 5 atom stereocenters. The van der Waals surface area contributed by atoms with Gasteiger partial charge in [0.05, 0.1) is 16.2 Å². The summed E-state index contributed by atoms with van der Waals surface area (Å²) in [4.78, 5) is 0.363. The van der Waals surface area contributed by atoms with Crippen LogP contribution in [0.3, 0.4) is 0 Å². The normalized spacial score (nSPS) is 37.7. The Morgan fingerprint density at radius 3 is 2.43 bits per heavy atom. The van der Waals surface area contributed by atoms with Crippen LogP contribution in [0.4, 0.5) is 0 Å². The summed E-state index contributed by atoms with van der Waals surface area (Å²) >= 11 is 6.31. The molecule has 0 spiro atoms. The van der Waals surface area contributed by atoms with E-state index in [9.17, 15) is 8.42 Å². The van der Waals surface area contributed by atoms with Gasteiger partial charge in [-0.3, -0.25) is 0 Å². The number of rotatable bonds is 2. The van der Waals surface area contributed by atoms with Crippen LogP contribution in [-0.4, -0.2) is 31.7 Å². The van der Waals surface area contributed by atoms with Crippen LogP contribution in [0.1, 0.15) is 19.4 Å². The minimum absolute atomic E-state index is 0.0874. The Hall–Kier alpha value is -0.880. The molecule has 4 rings (SSSR count). The highest BCUT2D eigenvalue weighted by Crippen LogP contribution is 2.58. The minimum Gasteiger partial charge on any atom is -0.344 e. The average Bonchev–Trinajstić information content (AvgIpc) is 3.08. The van der Waals surface area contributed by atoms with E-state index in [-0.39, 0.29) is 24.0 Å². The first-order chi connectivity index (χ1) is 10.7. The number of halogens is 1. The van der Waals surface area contributed by atoms with Crippen LogP contribution in [-0.2, 0) is 19.3 Å². The van der Waals surface area contributed by atoms with Gasteiger partial charge in [0.15, 0.2) is 15.6 Å². The first-order valence-corrected chi connectivity index (χ1v) is 9.66. The number of ether oxygens (including phenoxy) is 2. The van der Waals surface area contributed by atoms with E-state index < -0.39 is 20.9 Å². The highest BCUT2D eigenvalue weighted by atomic mass is 35.5. The Labute approximate surface area is 141 Å². The molecule has 3 aliphatic rings. The van der Waals surface area contributed by atoms with Crippen molar-refractivity contribution in [2.45, 2.75) is 48.9 Å². The fourth-order valence-electron chi connectivity index (χ4n) is 3.80. The Morgan fingerprint density at radius 1 is 1.13 bits per heavy atom. The maximum absolute atomic E-state index is 13.0. The monoisotopic (exact) mass is 354 g/mol. The lowest BCUT2D eigenvalue weighted by atomic mass is 10.0. The van der Waals surface area contributed by atoms with E-state index in [2.05, 4.69) is 0 Å². The molecule has 23 heavy (non-hydrogen) atoms. The van der Waals surface area contributed by atoms with Crippen LogP contribution >= 0.6 is 11.6 Å². The molecule has 1 aromatic rings. The maximum Gasteiger partial charge on any atom is 0.182 e. The van der Waals surface area contributed by atoms with Gasteiger partial charge in [-0.1, -0.05) is 35.4 Å². The minimum atomic E-state index is -3.40. The summed E-state index contributed by atoms with van der Waals surface area (Å²) in [5.41, 5.74) is 1.04. The zero-order valence-corrected chi connectivity index (χ0v) is 14.8. The smallest absolute Gasteiger partial charge is 0.182 e. The number of aryl methyl sites for hydroxylation is 1. The molecule has 1 aromatic carbocycles. The van der Waals surface area contributed by atoms with E-state index in [1.807, 2.05) is 39.0 Å². The van der Waals surface area contributed by atoms with E-state index in [1.165, 1.54) is 0 Å². The van der Waals surface area contributed by atoms with Crippen molar-refractivity contribution in [1.29, 1.82) is 0 Å². The first-order valence-electron chi connectivity index (χ1n) is 7.74. The summed E-state index contributed by atoms with van der Waals surface area (Å²) in [5.74, 6) is -0.915. The van der Waals surface area contributed by atoms with Crippen molar-refractivity contribution >= 4 is 21.4 Å². The summed E-state index contributed by atoms with van der Waals surface area (Å²) in [6, 6.07) is 6.99. The zero-order chi connectivity index (χ0) is 16.6. The second-order valence-electron chi connectivity index (χ2n) is 7.05. The summed E-state index contributed by atoms with van der Waals surface area (Å²) in [6.07, 6.45) is 1.19. The molecule has 0 bridgehead atoms. The average molecular weight is 355 g/mol. The molecule has 1 aliphatic heterocycles. The van der Waals surface area contributed by atoms with Crippen molar-refractivity contribution in [3.63, 3.8) is 0 Å². The Kier molecular flexibility index (Phi) is 3.28. The number of fused-ring (bicyclic) bond motifs is 3. The predicted molar refractivity (Wildman–Crippen MR) is 86.9 cm³/mol. The van der Waals surface area contributed by atoms with Gasteiger partial charge in [-0.15, -0.1) is 0 Å². The number of allylic oxidation sites excluding steroid dienone is 1. The SMILES string of the molecule is Cc1ccc(S(=O)(=O)C2[C@H]3[C@@H]4OC(C)(C)O[C@@H]4C(Cl)=C[C@H]23)cc1. The summed E-state index contributed by atoms with van der Waals surface area (Å²) < 4.78 is 37.7. The molecule has 4 nitrogen and oxygen atoms in total. The van der Waals surface area contributed by atoms with E-state index in [1.54, 1.807) is 12.1 Å². The second-order valence-corrected chi connectivity index (χ2v) is 9.59. The van der Waals surface area contributed by atoms with Gasteiger partial charge in [0.25, 0.3) is 0 Å². The highest BCUT2D eigenvalue weighted by Gasteiger charge is 2.67. The lowest BCUT2D eigenvalue weighted by Crippen LogP contribution is -2.29. The molecule has 124 valence electrons. The van der Waals surface area contributed by atoms with E-state index in [0.29, 0.717) is 9.93 Å². The van der Waals surface area contributed by atoms with Gasteiger partial charge in [0.2, 0.25) is 0 Å². The Bertz CT molecular complexity index is 781.